The fourth-order valence-corrected chi connectivity index (χ4v) is 4.04. The molecule has 0 bridgehead atoms. The van der Waals surface area contributed by atoms with Gasteiger partial charge in [-0.2, -0.15) is 0 Å². The van der Waals surface area contributed by atoms with Crippen molar-refractivity contribution in [1.29, 1.82) is 0 Å². The van der Waals surface area contributed by atoms with Crippen LogP contribution in [0.1, 0.15) is 25.3 Å². The van der Waals surface area contributed by atoms with E-state index in [1.54, 1.807) is 0 Å². The predicted molar refractivity (Wildman–Crippen MR) is 117 cm³/mol. The van der Waals surface area contributed by atoms with E-state index in [-0.39, 0.29) is 6.03 Å². The molecule has 0 aliphatic carbocycles. The van der Waals surface area contributed by atoms with Crippen LogP contribution in [0.4, 0.5) is 21.9 Å². The van der Waals surface area contributed by atoms with Crippen molar-refractivity contribution in [2.75, 3.05) is 54.4 Å². The molecular formula is C23H30N4O. The summed E-state index contributed by atoms with van der Waals surface area (Å²) in [5, 5.41) is 3.05. The van der Waals surface area contributed by atoms with Gasteiger partial charge in [-0.3, -0.25) is 0 Å². The zero-order valence-electron chi connectivity index (χ0n) is 16.7. The van der Waals surface area contributed by atoms with Crippen LogP contribution in [0, 0.1) is 0 Å². The normalized spacial score (nSPS) is 17.1. The highest BCUT2D eigenvalue weighted by molar-refractivity contribution is 5.89. The number of aryl methyl sites for hydroxylation is 1. The average molecular weight is 379 g/mol. The molecule has 148 valence electrons. The first-order chi connectivity index (χ1) is 13.7. The molecule has 1 N–H and O–H groups in total. The molecule has 0 aromatic heterocycles. The minimum atomic E-state index is -0.00472. The Labute approximate surface area is 167 Å². The van der Waals surface area contributed by atoms with Crippen molar-refractivity contribution in [3.8, 4) is 0 Å². The van der Waals surface area contributed by atoms with Crippen molar-refractivity contribution in [3.05, 3.63) is 54.1 Å². The third-order valence-electron chi connectivity index (χ3n) is 5.87. The molecule has 5 heteroatoms. The van der Waals surface area contributed by atoms with E-state index in [4.69, 9.17) is 0 Å². The molecular weight excluding hydrogens is 348 g/mol. The second-order valence-electron chi connectivity index (χ2n) is 7.67. The smallest absolute Gasteiger partial charge is 0.321 e. The van der Waals surface area contributed by atoms with Gasteiger partial charge in [0.15, 0.2) is 0 Å². The van der Waals surface area contributed by atoms with E-state index in [0.29, 0.717) is 0 Å². The zero-order valence-corrected chi connectivity index (χ0v) is 16.7. The van der Waals surface area contributed by atoms with Gasteiger partial charge in [-0.15, -0.1) is 0 Å². The summed E-state index contributed by atoms with van der Waals surface area (Å²) in [5.41, 5.74) is 4.72. The van der Waals surface area contributed by atoms with E-state index in [1.807, 2.05) is 17.0 Å². The van der Waals surface area contributed by atoms with E-state index in [0.717, 1.165) is 51.4 Å². The van der Waals surface area contributed by atoms with Gasteiger partial charge in [0.2, 0.25) is 0 Å². The van der Waals surface area contributed by atoms with Gasteiger partial charge in [0.05, 0.1) is 0 Å². The Morgan fingerprint density at radius 1 is 0.786 bits per heavy atom. The lowest BCUT2D eigenvalue weighted by Gasteiger charge is -2.36. The number of anilines is 3. The predicted octanol–water partition coefficient (Wildman–Crippen LogP) is 4.20. The highest BCUT2D eigenvalue weighted by atomic mass is 16.2. The quantitative estimate of drug-likeness (QED) is 0.866. The number of rotatable bonds is 4. The Morgan fingerprint density at radius 2 is 1.32 bits per heavy atom. The fraction of sp³-hybridized carbons (Fsp3) is 0.435. The van der Waals surface area contributed by atoms with Crippen LogP contribution in [-0.4, -0.2) is 50.2 Å². The molecule has 0 radical (unpaired) electrons. The fourth-order valence-electron chi connectivity index (χ4n) is 4.04. The number of carbonyl (C=O) groups is 1. The molecule has 2 amide bonds. The lowest BCUT2D eigenvalue weighted by atomic mass is 10.1. The highest BCUT2D eigenvalue weighted by Gasteiger charge is 2.21. The monoisotopic (exact) mass is 378 g/mol. The number of nitrogens with zero attached hydrogens (tertiary/aromatic N) is 3. The topological polar surface area (TPSA) is 38.8 Å². The summed E-state index contributed by atoms with van der Waals surface area (Å²) in [6.45, 7) is 7.67. The number of hydrogen-bond donors (Lipinski definition) is 1. The summed E-state index contributed by atoms with van der Waals surface area (Å²) in [4.78, 5) is 19.3. The molecule has 2 aromatic carbocycles. The molecule has 0 saturated carbocycles. The lowest BCUT2D eigenvalue weighted by molar-refractivity contribution is 0.208. The van der Waals surface area contributed by atoms with Gasteiger partial charge in [0.25, 0.3) is 0 Å². The van der Waals surface area contributed by atoms with Crippen LogP contribution in [0.5, 0.6) is 0 Å². The van der Waals surface area contributed by atoms with E-state index in [2.05, 4.69) is 58.4 Å². The van der Waals surface area contributed by atoms with Crippen molar-refractivity contribution < 1.29 is 4.79 Å². The SMILES string of the molecule is CCc1ccc(N2CCN(C(=O)Nc3ccc(N4CCCC4)cc3)CC2)cc1. The highest BCUT2D eigenvalue weighted by Crippen LogP contribution is 2.23. The summed E-state index contributed by atoms with van der Waals surface area (Å²) in [7, 11) is 0. The summed E-state index contributed by atoms with van der Waals surface area (Å²) in [6.07, 6.45) is 3.60. The first kappa shape index (κ1) is 18.7. The molecule has 28 heavy (non-hydrogen) atoms. The summed E-state index contributed by atoms with van der Waals surface area (Å²) in [6, 6.07) is 17.0. The van der Waals surface area contributed by atoms with Crippen molar-refractivity contribution in [1.82, 2.24) is 4.90 Å². The third-order valence-corrected chi connectivity index (χ3v) is 5.87. The molecule has 2 aliphatic heterocycles. The molecule has 2 fully saturated rings. The van der Waals surface area contributed by atoms with E-state index < -0.39 is 0 Å². The summed E-state index contributed by atoms with van der Waals surface area (Å²) in [5.74, 6) is 0. The van der Waals surface area contributed by atoms with Crippen LogP contribution in [-0.2, 0) is 6.42 Å². The first-order valence-corrected chi connectivity index (χ1v) is 10.5. The van der Waals surface area contributed by atoms with Crippen LogP contribution in [0.3, 0.4) is 0 Å². The minimum absolute atomic E-state index is 0.00472. The van der Waals surface area contributed by atoms with Gasteiger partial charge in [-0.1, -0.05) is 19.1 Å². The van der Waals surface area contributed by atoms with Crippen LogP contribution in [0.2, 0.25) is 0 Å². The van der Waals surface area contributed by atoms with Gasteiger partial charge >= 0.3 is 6.03 Å². The maximum Gasteiger partial charge on any atom is 0.321 e. The number of nitrogens with one attached hydrogen (secondary N) is 1. The number of benzene rings is 2. The second kappa shape index (κ2) is 8.55. The number of hydrogen-bond acceptors (Lipinski definition) is 3. The number of amides is 2. The maximum atomic E-state index is 12.6. The molecule has 2 heterocycles. The zero-order chi connectivity index (χ0) is 19.3. The van der Waals surface area contributed by atoms with E-state index in [9.17, 15) is 4.79 Å². The second-order valence-corrected chi connectivity index (χ2v) is 7.67. The minimum Gasteiger partial charge on any atom is -0.372 e. The van der Waals surface area contributed by atoms with Crippen LogP contribution >= 0.6 is 0 Å². The van der Waals surface area contributed by atoms with Crippen LogP contribution in [0.25, 0.3) is 0 Å². The Bertz CT molecular complexity index is 773. The van der Waals surface area contributed by atoms with Crippen LogP contribution in [0.15, 0.2) is 48.5 Å². The molecule has 4 rings (SSSR count). The van der Waals surface area contributed by atoms with Gasteiger partial charge < -0.3 is 20.0 Å². The lowest BCUT2D eigenvalue weighted by Crippen LogP contribution is -2.50. The molecule has 0 atom stereocenters. The molecule has 0 spiro atoms. The molecule has 2 saturated heterocycles. The third kappa shape index (κ3) is 4.24. The molecule has 5 nitrogen and oxygen atoms in total. The average Bonchev–Trinajstić information content (AvgIpc) is 3.29. The Balaban J connectivity index is 1.28. The van der Waals surface area contributed by atoms with Gasteiger partial charge in [-0.05, 0) is 61.2 Å². The number of urea groups is 1. The summed E-state index contributed by atoms with van der Waals surface area (Å²) >= 11 is 0. The van der Waals surface area contributed by atoms with E-state index >= 15 is 0 Å². The van der Waals surface area contributed by atoms with Gasteiger partial charge in [0.1, 0.15) is 0 Å². The van der Waals surface area contributed by atoms with E-state index in [1.165, 1.54) is 29.8 Å². The van der Waals surface area contributed by atoms with Gasteiger partial charge in [0, 0.05) is 56.3 Å². The van der Waals surface area contributed by atoms with Crippen molar-refractivity contribution in [2.45, 2.75) is 26.2 Å². The Morgan fingerprint density at radius 3 is 1.89 bits per heavy atom. The number of piperazine rings is 1. The van der Waals surface area contributed by atoms with Crippen molar-refractivity contribution in [3.63, 3.8) is 0 Å². The Hall–Kier alpha value is -2.69. The van der Waals surface area contributed by atoms with Crippen molar-refractivity contribution >= 4 is 23.1 Å². The molecule has 0 unspecified atom stereocenters. The van der Waals surface area contributed by atoms with Crippen molar-refractivity contribution in [2.24, 2.45) is 0 Å². The van der Waals surface area contributed by atoms with Crippen LogP contribution < -0.4 is 15.1 Å². The molecule has 2 aromatic rings. The maximum absolute atomic E-state index is 12.6. The van der Waals surface area contributed by atoms with Gasteiger partial charge in [-0.25, -0.2) is 4.79 Å². The standard InChI is InChI=1S/C23H30N4O/c1-2-19-5-9-21(10-6-19)26-15-17-27(18-16-26)23(28)24-20-7-11-22(12-8-20)25-13-3-4-14-25/h5-12H,2-4,13-18H2,1H3,(H,24,28). The molecule has 2 aliphatic rings. The number of carbonyl (C=O) groups excluding carboxylic acids is 1. The first-order valence-electron chi connectivity index (χ1n) is 10.5. The summed E-state index contributed by atoms with van der Waals surface area (Å²) < 4.78 is 0. The Kier molecular flexibility index (Phi) is 5.70. The largest absolute Gasteiger partial charge is 0.372 e.